The lowest BCUT2D eigenvalue weighted by Crippen LogP contribution is -2.51. The Labute approximate surface area is 185 Å². The zero-order chi connectivity index (χ0) is 22.1. The molecule has 1 aliphatic heterocycles. The molecular formula is C21H26ClN7O2. The van der Waals surface area contributed by atoms with Crippen LogP contribution in [0.15, 0.2) is 30.7 Å². The number of halogens is 1. The van der Waals surface area contributed by atoms with Crippen LogP contribution in [0, 0.1) is 12.8 Å². The number of hydrogen-bond donors (Lipinski definition) is 2. The van der Waals surface area contributed by atoms with E-state index >= 15 is 0 Å². The molecule has 2 unspecified atom stereocenters. The maximum absolute atomic E-state index is 11.4. The van der Waals surface area contributed by atoms with Crippen LogP contribution in [0.3, 0.4) is 0 Å². The number of likely N-dealkylation sites (tertiary alicyclic amines) is 1. The summed E-state index contributed by atoms with van der Waals surface area (Å²) in [6.07, 6.45) is 6.09. The van der Waals surface area contributed by atoms with E-state index in [-0.39, 0.29) is 12.0 Å². The summed E-state index contributed by atoms with van der Waals surface area (Å²) in [6, 6.07) is 4.02. The number of anilines is 3. The van der Waals surface area contributed by atoms with Crippen molar-refractivity contribution in [2.75, 3.05) is 30.4 Å². The summed E-state index contributed by atoms with van der Waals surface area (Å²) in [5.74, 6) is 1.27. The molecule has 0 aliphatic carbocycles. The van der Waals surface area contributed by atoms with Crippen molar-refractivity contribution in [1.82, 2.24) is 24.3 Å². The molecule has 31 heavy (non-hydrogen) atoms. The number of amides is 1. The van der Waals surface area contributed by atoms with E-state index in [0.717, 1.165) is 29.9 Å². The van der Waals surface area contributed by atoms with E-state index in [1.54, 1.807) is 6.20 Å². The molecule has 0 spiro atoms. The topological polar surface area (TPSA) is 98.9 Å². The van der Waals surface area contributed by atoms with Crippen molar-refractivity contribution in [3.63, 3.8) is 0 Å². The van der Waals surface area contributed by atoms with E-state index in [1.165, 1.54) is 4.90 Å². The quantitative estimate of drug-likeness (QED) is 0.613. The highest BCUT2D eigenvalue weighted by Crippen LogP contribution is 2.31. The summed E-state index contributed by atoms with van der Waals surface area (Å²) < 4.78 is 2.00. The van der Waals surface area contributed by atoms with Crippen LogP contribution in [0.5, 0.6) is 0 Å². The fourth-order valence-corrected chi connectivity index (χ4v) is 4.47. The first kappa shape index (κ1) is 21.2. The van der Waals surface area contributed by atoms with Gasteiger partial charge in [-0.05, 0) is 31.7 Å². The molecule has 164 valence electrons. The molecule has 0 saturated carbocycles. The van der Waals surface area contributed by atoms with Crippen LogP contribution in [0.25, 0.3) is 5.65 Å². The molecule has 0 radical (unpaired) electrons. The van der Waals surface area contributed by atoms with Gasteiger partial charge in [0.15, 0.2) is 5.82 Å². The molecule has 4 rings (SSSR count). The van der Waals surface area contributed by atoms with Crippen molar-refractivity contribution >= 4 is 40.8 Å². The molecule has 0 aromatic carbocycles. The third-order valence-electron chi connectivity index (χ3n) is 6.00. The van der Waals surface area contributed by atoms with E-state index in [0.29, 0.717) is 29.9 Å². The van der Waals surface area contributed by atoms with Crippen molar-refractivity contribution in [1.29, 1.82) is 0 Å². The van der Waals surface area contributed by atoms with Gasteiger partial charge in [0.1, 0.15) is 10.7 Å². The second-order valence-electron chi connectivity index (χ2n) is 7.90. The van der Waals surface area contributed by atoms with E-state index in [9.17, 15) is 9.90 Å². The number of nitrogens with one attached hydrogen (secondary N) is 1. The van der Waals surface area contributed by atoms with Gasteiger partial charge in [0, 0.05) is 56.0 Å². The van der Waals surface area contributed by atoms with Gasteiger partial charge in [-0.15, -0.1) is 0 Å². The van der Waals surface area contributed by atoms with Crippen molar-refractivity contribution in [2.24, 2.45) is 5.92 Å². The second-order valence-corrected chi connectivity index (χ2v) is 8.30. The molecule has 1 amide bonds. The first-order valence-corrected chi connectivity index (χ1v) is 10.7. The lowest BCUT2D eigenvalue weighted by molar-refractivity contribution is 0.111. The summed E-state index contributed by atoms with van der Waals surface area (Å²) >= 11 is 6.45. The highest BCUT2D eigenvalue weighted by molar-refractivity contribution is 6.32. The molecule has 1 fully saturated rings. The third-order valence-corrected chi connectivity index (χ3v) is 6.27. The second kappa shape index (κ2) is 8.58. The Morgan fingerprint density at radius 3 is 2.94 bits per heavy atom. The maximum Gasteiger partial charge on any atom is 0.407 e. The summed E-state index contributed by atoms with van der Waals surface area (Å²) in [4.78, 5) is 28.3. The fourth-order valence-electron chi connectivity index (χ4n) is 4.24. The van der Waals surface area contributed by atoms with Crippen LogP contribution < -0.4 is 10.2 Å². The number of hydrogen-bond acceptors (Lipinski definition) is 6. The van der Waals surface area contributed by atoms with Crippen molar-refractivity contribution in [3.8, 4) is 0 Å². The Kier molecular flexibility index (Phi) is 5.86. The summed E-state index contributed by atoms with van der Waals surface area (Å²) in [6.45, 7) is 5.09. The highest BCUT2D eigenvalue weighted by atomic mass is 35.5. The molecule has 2 N–H and O–H groups in total. The normalized spacial score (nSPS) is 18.9. The van der Waals surface area contributed by atoms with Gasteiger partial charge in [0.05, 0.1) is 6.20 Å². The molecule has 3 aromatic rings. The van der Waals surface area contributed by atoms with Gasteiger partial charge in [-0.3, -0.25) is 0 Å². The smallest absolute Gasteiger partial charge is 0.407 e. The largest absolute Gasteiger partial charge is 0.465 e. The van der Waals surface area contributed by atoms with E-state index in [2.05, 4.69) is 32.1 Å². The summed E-state index contributed by atoms with van der Waals surface area (Å²) in [5.41, 5.74) is 2.73. The number of pyridine rings is 1. The molecular weight excluding hydrogens is 418 g/mol. The van der Waals surface area contributed by atoms with Crippen molar-refractivity contribution in [3.05, 3.63) is 41.4 Å². The number of carbonyl (C=O) groups is 1. The van der Waals surface area contributed by atoms with Crippen LogP contribution in [0.2, 0.25) is 5.02 Å². The number of aryl methyl sites for hydroxylation is 1. The zero-order valence-corrected chi connectivity index (χ0v) is 18.5. The molecule has 4 heterocycles. The molecule has 2 atom stereocenters. The molecule has 9 nitrogen and oxygen atoms in total. The number of imidazole rings is 1. The average molecular weight is 444 g/mol. The summed E-state index contributed by atoms with van der Waals surface area (Å²) in [7, 11) is 1.96. The lowest BCUT2D eigenvalue weighted by atomic mass is 9.89. The molecule has 10 heteroatoms. The number of fused-ring (bicyclic) bond motifs is 1. The molecule has 3 aromatic heterocycles. The zero-order valence-electron chi connectivity index (χ0n) is 17.8. The van der Waals surface area contributed by atoms with E-state index in [1.807, 2.05) is 42.9 Å². The van der Waals surface area contributed by atoms with Gasteiger partial charge in [0.25, 0.3) is 0 Å². The number of aromatic nitrogens is 4. The van der Waals surface area contributed by atoms with Crippen molar-refractivity contribution in [2.45, 2.75) is 32.7 Å². The summed E-state index contributed by atoms with van der Waals surface area (Å²) in [5, 5.41) is 13.0. The molecule has 1 aliphatic rings. The Bertz CT molecular complexity index is 1100. The SMILES string of the molecule is CCC1CN(C(=O)O)CCC1N(C)c1nc(Nc2ccn3c(C)cnc3c2)ncc1Cl. The monoisotopic (exact) mass is 443 g/mol. The third kappa shape index (κ3) is 4.23. The van der Waals surface area contributed by atoms with E-state index < -0.39 is 6.09 Å². The number of rotatable bonds is 5. The molecule has 0 bridgehead atoms. The number of piperidine rings is 1. The predicted octanol–water partition coefficient (Wildman–Crippen LogP) is 4.04. The van der Waals surface area contributed by atoms with Gasteiger partial charge in [0.2, 0.25) is 5.95 Å². The highest BCUT2D eigenvalue weighted by Gasteiger charge is 2.34. The Hall–Kier alpha value is -3.07. The Morgan fingerprint density at radius 2 is 2.19 bits per heavy atom. The van der Waals surface area contributed by atoms with Gasteiger partial charge < -0.3 is 24.6 Å². The van der Waals surface area contributed by atoms with Crippen LogP contribution in [0.1, 0.15) is 25.5 Å². The number of nitrogens with zero attached hydrogens (tertiary/aromatic N) is 6. The van der Waals surface area contributed by atoms with Crippen molar-refractivity contribution < 1.29 is 9.90 Å². The molecule has 1 saturated heterocycles. The number of carboxylic acid groups (broad SMARTS) is 1. The standard InChI is InChI=1S/C21H26ClN7O2/c1-4-14-12-28(21(30)31)7-6-17(14)27(3)19-16(22)11-24-20(26-19)25-15-5-8-29-13(2)10-23-18(29)9-15/h5,8-11,14,17H,4,6-7,12H2,1-3H3,(H,30,31)(H,24,25,26). The van der Waals surface area contributed by atoms with E-state index in [4.69, 9.17) is 11.6 Å². The maximum atomic E-state index is 11.4. The Morgan fingerprint density at radius 1 is 1.39 bits per heavy atom. The van der Waals surface area contributed by atoms with Crippen LogP contribution in [-0.4, -0.2) is 61.6 Å². The van der Waals surface area contributed by atoms with Gasteiger partial charge in [-0.2, -0.15) is 4.98 Å². The average Bonchev–Trinajstić information content (AvgIpc) is 3.14. The van der Waals surface area contributed by atoms with Crippen LogP contribution >= 0.6 is 11.6 Å². The Balaban J connectivity index is 1.55. The van der Waals surface area contributed by atoms with Gasteiger partial charge >= 0.3 is 6.09 Å². The van der Waals surface area contributed by atoms with Crippen LogP contribution in [0.4, 0.5) is 22.2 Å². The minimum Gasteiger partial charge on any atom is -0.465 e. The minimum absolute atomic E-state index is 0.144. The predicted molar refractivity (Wildman–Crippen MR) is 120 cm³/mol. The first-order chi connectivity index (χ1) is 14.9. The van der Waals surface area contributed by atoms with Gasteiger partial charge in [-0.25, -0.2) is 14.8 Å². The lowest BCUT2D eigenvalue weighted by Gasteiger charge is -2.42. The van der Waals surface area contributed by atoms with Crippen LogP contribution in [-0.2, 0) is 0 Å². The van der Waals surface area contributed by atoms with Gasteiger partial charge in [-0.1, -0.05) is 18.5 Å². The first-order valence-electron chi connectivity index (χ1n) is 10.3. The minimum atomic E-state index is -0.865. The fraction of sp³-hybridized carbons (Fsp3) is 0.429.